The number of ketones is 1. The number of pyridine rings is 1. The highest BCUT2D eigenvalue weighted by atomic mass is 16.3. The molecule has 0 fully saturated rings. The van der Waals surface area contributed by atoms with E-state index in [9.17, 15) is 4.79 Å². The molecule has 0 saturated heterocycles. The molecule has 0 bridgehead atoms. The lowest BCUT2D eigenvalue weighted by Crippen LogP contribution is -2.10. The van der Waals surface area contributed by atoms with Gasteiger partial charge in [0.1, 0.15) is 5.76 Å². The number of fused-ring (bicyclic) bond motifs is 1. The quantitative estimate of drug-likeness (QED) is 0.473. The molecule has 0 aliphatic carbocycles. The predicted molar refractivity (Wildman–Crippen MR) is 108 cm³/mol. The average Bonchev–Trinajstić information content (AvgIpc) is 3.12. The van der Waals surface area contributed by atoms with E-state index in [0.717, 1.165) is 33.5 Å². The van der Waals surface area contributed by atoms with Gasteiger partial charge in [-0.3, -0.25) is 4.79 Å². The molecule has 4 nitrogen and oxygen atoms in total. The molecule has 4 rings (SSSR count). The smallest absolute Gasteiger partial charge is 0.226 e. The van der Waals surface area contributed by atoms with E-state index in [2.05, 4.69) is 4.98 Å². The third kappa shape index (κ3) is 3.60. The van der Waals surface area contributed by atoms with Gasteiger partial charge in [0.25, 0.3) is 0 Å². The van der Waals surface area contributed by atoms with Crippen LogP contribution in [0, 0.1) is 0 Å². The van der Waals surface area contributed by atoms with Crippen LogP contribution in [0.1, 0.15) is 15.9 Å². The van der Waals surface area contributed by atoms with Gasteiger partial charge in [0.05, 0.1) is 0 Å². The number of anilines is 1. The fourth-order valence-electron chi connectivity index (χ4n) is 3.10. The molecular weight excluding hydrogens is 336 g/mol. The van der Waals surface area contributed by atoms with Gasteiger partial charge in [0, 0.05) is 48.9 Å². The summed E-state index contributed by atoms with van der Waals surface area (Å²) in [5.74, 6) is 0.856. The minimum absolute atomic E-state index is 0.0992. The maximum atomic E-state index is 12.7. The van der Waals surface area contributed by atoms with Crippen LogP contribution in [0.15, 0.2) is 77.3 Å². The fraction of sp³-hybridized carbons (Fsp3) is 0.130. The van der Waals surface area contributed by atoms with Crippen molar-refractivity contribution in [1.82, 2.24) is 4.98 Å². The first-order chi connectivity index (χ1) is 13.1. The third-order valence-electron chi connectivity index (χ3n) is 4.55. The van der Waals surface area contributed by atoms with Gasteiger partial charge in [-0.1, -0.05) is 30.3 Å². The Morgan fingerprint density at radius 1 is 1.00 bits per heavy atom. The van der Waals surface area contributed by atoms with E-state index in [1.165, 1.54) is 0 Å². The second-order valence-electron chi connectivity index (χ2n) is 6.75. The number of hydrogen-bond donors (Lipinski definition) is 0. The van der Waals surface area contributed by atoms with Crippen LogP contribution < -0.4 is 4.90 Å². The van der Waals surface area contributed by atoms with Crippen LogP contribution in [-0.2, 0) is 6.42 Å². The zero-order valence-electron chi connectivity index (χ0n) is 15.3. The first kappa shape index (κ1) is 17.0. The van der Waals surface area contributed by atoms with Gasteiger partial charge in [-0.15, -0.1) is 0 Å². The predicted octanol–water partition coefficient (Wildman–Crippen LogP) is 4.99. The number of hydrogen-bond acceptors (Lipinski definition) is 4. The van der Waals surface area contributed by atoms with Crippen LogP contribution in [0.4, 0.5) is 5.69 Å². The Balaban J connectivity index is 1.59. The summed E-state index contributed by atoms with van der Waals surface area (Å²) in [5.41, 5.74) is 4.26. The number of furan rings is 1. The van der Waals surface area contributed by atoms with Gasteiger partial charge in [-0.05, 0) is 42.0 Å². The third-order valence-corrected chi connectivity index (χ3v) is 4.55. The number of carbonyl (C=O) groups is 1. The molecule has 2 aromatic heterocycles. The van der Waals surface area contributed by atoms with E-state index >= 15 is 0 Å². The van der Waals surface area contributed by atoms with Crippen molar-refractivity contribution in [3.8, 4) is 11.3 Å². The van der Waals surface area contributed by atoms with Gasteiger partial charge >= 0.3 is 0 Å². The molecule has 0 atom stereocenters. The maximum Gasteiger partial charge on any atom is 0.226 e. The van der Waals surface area contributed by atoms with Crippen LogP contribution in [0.3, 0.4) is 0 Å². The molecule has 2 aromatic carbocycles. The highest BCUT2D eigenvalue weighted by Crippen LogP contribution is 2.27. The standard InChI is InChI=1S/C23H20N2O2/c1-25(2)20-10-4-7-17(14-20)21(26)13-16-6-3-8-18(12-16)22-15-19-9-5-11-24-23(19)27-22/h3-12,14-15H,13H2,1-2H3. The summed E-state index contributed by atoms with van der Waals surface area (Å²) < 4.78 is 5.84. The molecular formula is C23H20N2O2. The number of Topliss-reactive ketones (excluding diaryl/α,β-unsaturated/α-hetero) is 1. The Bertz CT molecular complexity index is 1080. The van der Waals surface area contributed by atoms with E-state index in [-0.39, 0.29) is 5.78 Å². The number of carbonyl (C=O) groups excluding carboxylic acids is 1. The van der Waals surface area contributed by atoms with Crippen LogP contribution >= 0.6 is 0 Å². The van der Waals surface area contributed by atoms with E-state index in [0.29, 0.717) is 12.1 Å². The van der Waals surface area contributed by atoms with Gasteiger partial charge in [0.2, 0.25) is 5.71 Å². The van der Waals surface area contributed by atoms with E-state index in [1.807, 2.05) is 85.7 Å². The minimum Gasteiger partial charge on any atom is -0.438 e. The molecule has 0 aliphatic heterocycles. The van der Waals surface area contributed by atoms with E-state index in [1.54, 1.807) is 6.20 Å². The summed E-state index contributed by atoms with van der Waals surface area (Å²) in [7, 11) is 3.94. The number of rotatable bonds is 5. The van der Waals surface area contributed by atoms with E-state index in [4.69, 9.17) is 4.42 Å². The van der Waals surface area contributed by atoms with Crippen LogP contribution in [0.5, 0.6) is 0 Å². The van der Waals surface area contributed by atoms with Crippen molar-refractivity contribution in [3.05, 3.63) is 84.1 Å². The molecule has 2 heterocycles. The summed E-state index contributed by atoms with van der Waals surface area (Å²) in [4.78, 5) is 19.0. The van der Waals surface area contributed by atoms with Crippen molar-refractivity contribution >= 4 is 22.6 Å². The first-order valence-electron chi connectivity index (χ1n) is 8.84. The van der Waals surface area contributed by atoms with Crippen LogP contribution in [0.25, 0.3) is 22.4 Å². The number of benzene rings is 2. The van der Waals surface area contributed by atoms with Gasteiger partial charge in [-0.25, -0.2) is 4.98 Å². The molecule has 0 aliphatic rings. The highest BCUT2D eigenvalue weighted by Gasteiger charge is 2.11. The lowest BCUT2D eigenvalue weighted by atomic mass is 10.0. The second-order valence-corrected chi connectivity index (χ2v) is 6.75. The summed E-state index contributed by atoms with van der Waals surface area (Å²) >= 11 is 0. The lowest BCUT2D eigenvalue weighted by Gasteiger charge is -2.13. The molecule has 27 heavy (non-hydrogen) atoms. The van der Waals surface area contributed by atoms with Crippen molar-refractivity contribution in [2.24, 2.45) is 0 Å². The largest absolute Gasteiger partial charge is 0.438 e. The molecule has 4 heteroatoms. The number of nitrogens with zero attached hydrogens (tertiary/aromatic N) is 2. The minimum atomic E-state index is 0.0992. The topological polar surface area (TPSA) is 46.3 Å². The molecule has 0 N–H and O–H groups in total. The molecule has 4 aromatic rings. The Hall–Kier alpha value is -3.40. The van der Waals surface area contributed by atoms with Crippen LogP contribution in [-0.4, -0.2) is 24.9 Å². The highest BCUT2D eigenvalue weighted by molar-refractivity contribution is 5.98. The lowest BCUT2D eigenvalue weighted by molar-refractivity contribution is 0.0993. The van der Waals surface area contributed by atoms with Crippen LogP contribution in [0.2, 0.25) is 0 Å². The maximum absolute atomic E-state index is 12.7. The molecule has 0 saturated carbocycles. The van der Waals surface area contributed by atoms with E-state index < -0.39 is 0 Å². The normalized spacial score (nSPS) is 10.9. The first-order valence-corrected chi connectivity index (χ1v) is 8.84. The molecule has 0 amide bonds. The molecule has 0 unspecified atom stereocenters. The van der Waals surface area contributed by atoms with Crippen molar-refractivity contribution in [2.45, 2.75) is 6.42 Å². The number of aromatic nitrogens is 1. The van der Waals surface area contributed by atoms with Gasteiger partial charge in [-0.2, -0.15) is 0 Å². The Kier molecular flexibility index (Phi) is 4.47. The van der Waals surface area contributed by atoms with Gasteiger partial charge < -0.3 is 9.32 Å². The summed E-state index contributed by atoms with van der Waals surface area (Å²) in [6, 6.07) is 21.5. The summed E-state index contributed by atoms with van der Waals surface area (Å²) in [6.45, 7) is 0. The summed E-state index contributed by atoms with van der Waals surface area (Å²) in [5, 5.41) is 0.967. The Morgan fingerprint density at radius 3 is 2.67 bits per heavy atom. The Morgan fingerprint density at radius 2 is 1.85 bits per heavy atom. The van der Waals surface area contributed by atoms with Crippen molar-refractivity contribution in [1.29, 1.82) is 0 Å². The van der Waals surface area contributed by atoms with Crippen molar-refractivity contribution in [2.75, 3.05) is 19.0 Å². The molecule has 0 radical (unpaired) electrons. The van der Waals surface area contributed by atoms with Gasteiger partial charge in [0.15, 0.2) is 5.78 Å². The van der Waals surface area contributed by atoms with Crippen molar-refractivity contribution < 1.29 is 9.21 Å². The monoisotopic (exact) mass is 356 g/mol. The van der Waals surface area contributed by atoms with Crippen molar-refractivity contribution in [3.63, 3.8) is 0 Å². The summed E-state index contributed by atoms with van der Waals surface area (Å²) in [6.07, 6.45) is 2.07. The SMILES string of the molecule is CN(C)c1cccc(C(=O)Cc2cccc(-c3cc4cccnc4o3)c2)c1. The zero-order chi connectivity index (χ0) is 18.8. The average molecular weight is 356 g/mol. The fourth-order valence-corrected chi connectivity index (χ4v) is 3.10. The second kappa shape index (κ2) is 7.08. The zero-order valence-corrected chi connectivity index (χ0v) is 15.3. The molecule has 0 spiro atoms. The molecule has 134 valence electrons. The Labute approximate surface area is 158 Å².